The minimum Gasteiger partial charge on any atom is -0.309 e. The molecule has 280 valence electrons. The summed E-state index contributed by atoms with van der Waals surface area (Å²) in [5, 5.41) is 1.92. The standard InChI is InChI=1S/C47H35F6N3/c1-28-23-30(3)42-38(25-28)39-26-29(2)24-31(4)43(39)56(42)37-21-19-36(20-22-37)45(46(48,49)50,47(51,52)53)35-17-15-34(16-18-35)44-54-40(32-11-7-5-8-12-32)27-41(55-44)33-13-9-6-10-14-33/h5-27H,1-4H3. The molecular formula is C47H35F6N3. The molecule has 0 aliphatic rings. The Balaban J connectivity index is 1.27. The first-order valence-corrected chi connectivity index (χ1v) is 18.0. The Morgan fingerprint density at radius 3 is 1.27 bits per heavy atom. The average molecular weight is 756 g/mol. The van der Waals surface area contributed by atoms with Crippen molar-refractivity contribution in [2.75, 3.05) is 0 Å². The fourth-order valence-corrected chi connectivity index (χ4v) is 8.10. The van der Waals surface area contributed by atoms with E-state index in [1.165, 1.54) is 24.3 Å². The lowest BCUT2D eigenvalue weighted by Gasteiger charge is -2.38. The first-order valence-electron chi connectivity index (χ1n) is 18.0. The van der Waals surface area contributed by atoms with Crippen LogP contribution in [0.15, 0.2) is 140 Å². The molecule has 3 nitrogen and oxygen atoms in total. The van der Waals surface area contributed by atoms with Crippen LogP contribution < -0.4 is 0 Å². The highest BCUT2D eigenvalue weighted by atomic mass is 19.4. The molecule has 0 spiro atoms. The van der Waals surface area contributed by atoms with E-state index in [1.807, 2.05) is 105 Å². The van der Waals surface area contributed by atoms with E-state index in [1.54, 1.807) is 6.07 Å². The zero-order chi connectivity index (χ0) is 39.6. The van der Waals surface area contributed by atoms with Crippen molar-refractivity contribution in [3.05, 3.63) is 173 Å². The zero-order valence-electron chi connectivity index (χ0n) is 30.9. The smallest absolute Gasteiger partial charge is 0.309 e. The second kappa shape index (κ2) is 13.5. The summed E-state index contributed by atoms with van der Waals surface area (Å²) in [6, 6.07) is 37.3. The van der Waals surface area contributed by atoms with Crippen molar-refractivity contribution in [2.24, 2.45) is 0 Å². The zero-order valence-corrected chi connectivity index (χ0v) is 30.9. The molecule has 2 heterocycles. The highest BCUT2D eigenvalue weighted by Crippen LogP contribution is 2.56. The highest BCUT2D eigenvalue weighted by Gasteiger charge is 2.72. The number of benzene rings is 6. The maximum Gasteiger partial charge on any atom is 0.411 e. The number of halogens is 6. The minimum absolute atomic E-state index is 0.160. The van der Waals surface area contributed by atoms with E-state index in [9.17, 15) is 0 Å². The van der Waals surface area contributed by atoms with Crippen molar-refractivity contribution in [1.82, 2.24) is 14.5 Å². The molecule has 8 aromatic rings. The molecule has 0 saturated heterocycles. The van der Waals surface area contributed by atoms with Crippen LogP contribution in [0.25, 0.3) is 61.4 Å². The summed E-state index contributed by atoms with van der Waals surface area (Å²) in [4.78, 5) is 9.38. The van der Waals surface area contributed by atoms with E-state index in [0.29, 0.717) is 17.1 Å². The third-order valence-corrected chi connectivity index (χ3v) is 10.5. The highest BCUT2D eigenvalue weighted by molar-refractivity contribution is 6.11. The van der Waals surface area contributed by atoms with E-state index in [-0.39, 0.29) is 11.4 Å². The van der Waals surface area contributed by atoms with Crippen LogP contribution in [0.3, 0.4) is 0 Å². The molecule has 8 rings (SSSR count). The van der Waals surface area contributed by atoms with Gasteiger partial charge in [-0.3, -0.25) is 0 Å². The normalized spacial score (nSPS) is 12.5. The molecule has 9 heteroatoms. The average Bonchev–Trinajstić information content (AvgIpc) is 3.49. The summed E-state index contributed by atoms with van der Waals surface area (Å²) in [6.45, 7) is 7.89. The van der Waals surface area contributed by atoms with Crippen molar-refractivity contribution in [2.45, 2.75) is 45.5 Å². The lowest BCUT2D eigenvalue weighted by molar-refractivity contribution is -0.288. The topological polar surface area (TPSA) is 30.7 Å². The number of aryl methyl sites for hydroxylation is 4. The van der Waals surface area contributed by atoms with Crippen LogP contribution in [0.4, 0.5) is 26.3 Å². The minimum atomic E-state index is -5.76. The van der Waals surface area contributed by atoms with Gasteiger partial charge in [0.2, 0.25) is 5.41 Å². The number of rotatable bonds is 6. The van der Waals surface area contributed by atoms with E-state index in [2.05, 4.69) is 22.1 Å². The van der Waals surface area contributed by atoms with Gasteiger partial charge in [-0.2, -0.15) is 26.3 Å². The second-order valence-electron chi connectivity index (χ2n) is 14.4. The molecular weight excluding hydrogens is 721 g/mol. The summed E-state index contributed by atoms with van der Waals surface area (Å²) in [6.07, 6.45) is -11.5. The molecule has 0 atom stereocenters. The number of nitrogens with zero attached hydrogens (tertiary/aromatic N) is 3. The Kier molecular flexibility index (Phi) is 8.87. The maximum absolute atomic E-state index is 15.4. The summed E-state index contributed by atoms with van der Waals surface area (Å²) < 4.78 is 94.1. The van der Waals surface area contributed by atoms with Crippen molar-refractivity contribution < 1.29 is 26.3 Å². The van der Waals surface area contributed by atoms with Gasteiger partial charge in [-0.25, -0.2) is 9.97 Å². The van der Waals surface area contributed by atoms with Crippen LogP contribution in [0.2, 0.25) is 0 Å². The predicted octanol–water partition coefficient (Wildman–Crippen LogP) is 13.2. The van der Waals surface area contributed by atoms with Gasteiger partial charge in [-0.05, 0) is 80.3 Å². The maximum atomic E-state index is 15.4. The van der Waals surface area contributed by atoms with Crippen molar-refractivity contribution >= 4 is 21.8 Å². The number of fused-ring (bicyclic) bond motifs is 3. The molecule has 0 radical (unpaired) electrons. The lowest BCUT2D eigenvalue weighted by atomic mass is 9.72. The lowest BCUT2D eigenvalue weighted by Crippen LogP contribution is -2.54. The van der Waals surface area contributed by atoms with Crippen molar-refractivity contribution in [3.63, 3.8) is 0 Å². The Morgan fingerprint density at radius 1 is 0.446 bits per heavy atom. The van der Waals surface area contributed by atoms with Gasteiger partial charge in [-0.1, -0.05) is 120 Å². The molecule has 0 fully saturated rings. The van der Waals surface area contributed by atoms with Gasteiger partial charge in [0.25, 0.3) is 0 Å². The predicted molar refractivity (Wildman–Crippen MR) is 211 cm³/mol. The summed E-state index contributed by atoms with van der Waals surface area (Å²) >= 11 is 0. The largest absolute Gasteiger partial charge is 0.411 e. The molecule has 0 amide bonds. The SMILES string of the molecule is Cc1cc(C)c2c(c1)c1cc(C)cc(C)c1n2-c1ccc(C(c2ccc(-c3nc(-c4ccccc4)cc(-c4ccccc4)n3)cc2)(C(F)(F)F)C(F)(F)F)cc1. The fraction of sp³-hybridized carbons (Fsp3) is 0.149. The van der Waals surface area contributed by atoms with E-state index in [4.69, 9.17) is 0 Å². The van der Waals surface area contributed by atoms with E-state index in [0.717, 1.165) is 79.5 Å². The van der Waals surface area contributed by atoms with Gasteiger partial charge in [0, 0.05) is 33.2 Å². The number of alkyl halides is 6. The van der Waals surface area contributed by atoms with E-state index < -0.39 is 28.9 Å². The van der Waals surface area contributed by atoms with E-state index >= 15 is 26.3 Å². The molecule has 0 bridgehead atoms. The summed E-state index contributed by atoms with van der Waals surface area (Å²) in [5.41, 5.74) is 2.77. The molecule has 2 aromatic heterocycles. The fourth-order valence-electron chi connectivity index (χ4n) is 8.10. The number of hydrogen-bond acceptors (Lipinski definition) is 2. The van der Waals surface area contributed by atoms with Crippen molar-refractivity contribution in [1.29, 1.82) is 0 Å². The molecule has 6 aromatic carbocycles. The quantitative estimate of drug-likeness (QED) is 0.158. The first-order chi connectivity index (χ1) is 26.7. The van der Waals surface area contributed by atoms with Crippen LogP contribution in [-0.4, -0.2) is 26.9 Å². The van der Waals surface area contributed by atoms with Crippen LogP contribution in [0, 0.1) is 27.7 Å². The van der Waals surface area contributed by atoms with Gasteiger partial charge in [0.05, 0.1) is 22.4 Å². The van der Waals surface area contributed by atoms with Crippen LogP contribution >= 0.6 is 0 Å². The van der Waals surface area contributed by atoms with Gasteiger partial charge < -0.3 is 4.57 Å². The Hall–Kier alpha value is -6.22. The molecule has 0 N–H and O–H groups in total. The Bertz CT molecular complexity index is 2590. The Morgan fingerprint density at radius 2 is 0.857 bits per heavy atom. The van der Waals surface area contributed by atoms with Gasteiger partial charge in [-0.15, -0.1) is 0 Å². The summed E-state index contributed by atoms with van der Waals surface area (Å²) in [7, 11) is 0. The third kappa shape index (κ3) is 6.02. The number of hydrogen-bond donors (Lipinski definition) is 0. The Labute approximate surface area is 319 Å². The number of aromatic nitrogens is 3. The van der Waals surface area contributed by atoms with Crippen LogP contribution in [0.5, 0.6) is 0 Å². The van der Waals surface area contributed by atoms with Gasteiger partial charge >= 0.3 is 12.4 Å². The second-order valence-corrected chi connectivity index (χ2v) is 14.4. The molecule has 0 unspecified atom stereocenters. The molecule has 0 aliphatic carbocycles. The van der Waals surface area contributed by atoms with Crippen LogP contribution in [0.1, 0.15) is 33.4 Å². The molecule has 0 aliphatic heterocycles. The summed E-state index contributed by atoms with van der Waals surface area (Å²) in [5.74, 6) is 0.160. The monoisotopic (exact) mass is 755 g/mol. The van der Waals surface area contributed by atoms with Gasteiger partial charge in [0.15, 0.2) is 5.82 Å². The van der Waals surface area contributed by atoms with Gasteiger partial charge in [0.1, 0.15) is 0 Å². The third-order valence-electron chi connectivity index (χ3n) is 10.5. The van der Waals surface area contributed by atoms with Crippen molar-refractivity contribution in [3.8, 4) is 39.6 Å². The van der Waals surface area contributed by atoms with Crippen LogP contribution in [-0.2, 0) is 5.41 Å². The molecule has 56 heavy (non-hydrogen) atoms. The molecule has 0 saturated carbocycles. The first kappa shape index (κ1) is 36.7.